The van der Waals surface area contributed by atoms with Crippen molar-refractivity contribution in [2.45, 2.75) is 10.6 Å². The number of fused-ring (bicyclic) bond motifs is 2. The lowest BCUT2D eigenvalue weighted by atomic mass is 10.1. The minimum atomic E-state index is -3.59. The van der Waals surface area contributed by atoms with E-state index in [1.54, 1.807) is 30.1 Å². The maximum Gasteiger partial charge on any atom is 0.335 e. The first kappa shape index (κ1) is 13.6. The fraction of sp³-hybridized carbons (Fsp3) is 0.133. The normalized spacial score (nSPS) is 15.8. The van der Waals surface area contributed by atoms with Gasteiger partial charge in [-0.15, -0.1) is 0 Å². The molecule has 0 aliphatic carbocycles. The summed E-state index contributed by atoms with van der Waals surface area (Å²) < 4.78 is 25.1. The predicted molar refractivity (Wildman–Crippen MR) is 78.8 cm³/mol. The van der Waals surface area contributed by atoms with Gasteiger partial charge in [-0.25, -0.2) is 13.2 Å². The van der Waals surface area contributed by atoms with Crippen LogP contribution in [0.25, 0.3) is 0 Å². The zero-order chi connectivity index (χ0) is 15.2. The van der Waals surface area contributed by atoms with Crippen molar-refractivity contribution in [3.8, 4) is 0 Å². The highest BCUT2D eigenvalue weighted by Crippen LogP contribution is 2.38. The van der Waals surface area contributed by atoms with Crippen LogP contribution < -0.4 is 4.90 Å². The lowest BCUT2D eigenvalue weighted by Gasteiger charge is -2.21. The van der Waals surface area contributed by atoms with Crippen molar-refractivity contribution >= 4 is 27.2 Å². The Bertz CT molecular complexity index is 843. The number of hydrogen-bond acceptors (Lipinski definition) is 4. The van der Waals surface area contributed by atoms with Crippen molar-refractivity contribution in [3.63, 3.8) is 0 Å². The van der Waals surface area contributed by atoms with Gasteiger partial charge in [-0.2, -0.15) is 0 Å². The summed E-state index contributed by atoms with van der Waals surface area (Å²) in [5.41, 5.74) is 1.97. The van der Waals surface area contributed by atoms with Gasteiger partial charge in [-0.05, 0) is 29.8 Å². The van der Waals surface area contributed by atoms with Crippen LogP contribution in [0, 0.1) is 0 Å². The Labute approximate surface area is 122 Å². The van der Waals surface area contributed by atoms with E-state index in [1.807, 2.05) is 12.1 Å². The zero-order valence-electron chi connectivity index (χ0n) is 11.3. The van der Waals surface area contributed by atoms with Crippen LogP contribution in [0.2, 0.25) is 0 Å². The molecule has 0 spiro atoms. The molecule has 1 N–H and O–H groups in total. The molecule has 2 aromatic rings. The Balaban J connectivity index is 2.31. The molecule has 0 unspecified atom stereocenters. The largest absolute Gasteiger partial charge is 0.478 e. The molecule has 0 aromatic heterocycles. The number of rotatable bonds is 1. The molecule has 0 saturated carbocycles. The molecular formula is C15H13NO4S. The van der Waals surface area contributed by atoms with Gasteiger partial charge < -0.3 is 10.0 Å². The number of carbonyl (C=O) groups is 1. The number of carboxylic acids is 1. The van der Waals surface area contributed by atoms with Crippen LogP contribution in [0.5, 0.6) is 0 Å². The minimum Gasteiger partial charge on any atom is -0.478 e. The Morgan fingerprint density at radius 3 is 2.57 bits per heavy atom. The second-order valence-corrected chi connectivity index (χ2v) is 6.89. The molecule has 0 radical (unpaired) electrons. The zero-order valence-corrected chi connectivity index (χ0v) is 12.1. The van der Waals surface area contributed by atoms with Crippen LogP contribution in [0.1, 0.15) is 15.9 Å². The molecule has 0 fully saturated rings. The van der Waals surface area contributed by atoms with Crippen LogP contribution in [-0.2, 0) is 15.6 Å². The maximum absolute atomic E-state index is 12.6. The molecule has 0 saturated heterocycles. The highest BCUT2D eigenvalue weighted by molar-refractivity contribution is 7.90. The Kier molecular flexibility index (Phi) is 2.98. The molecule has 1 aliphatic rings. The van der Waals surface area contributed by atoms with E-state index in [0.29, 0.717) is 11.3 Å². The van der Waals surface area contributed by atoms with Crippen molar-refractivity contribution in [3.05, 3.63) is 53.6 Å². The predicted octanol–water partition coefficient (Wildman–Crippen LogP) is 2.44. The lowest BCUT2D eigenvalue weighted by molar-refractivity contribution is 0.0696. The molecule has 1 aliphatic heterocycles. The topological polar surface area (TPSA) is 74.7 Å². The molecule has 1 heterocycles. The smallest absolute Gasteiger partial charge is 0.335 e. The van der Waals surface area contributed by atoms with Gasteiger partial charge in [0.1, 0.15) is 0 Å². The first-order valence-electron chi connectivity index (χ1n) is 6.32. The summed E-state index contributed by atoms with van der Waals surface area (Å²) in [5.74, 6) is -1.28. The van der Waals surface area contributed by atoms with Crippen molar-refractivity contribution in [1.82, 2.24) is 0 Å². The van der Waals surface area contributed by atoms with E-state index in [4.69, 9.17) is 5.11 Å². The fourth-order valence-electron chi connectivity index (χ4n) is 2.55. The summed E-state index contributed by atoms with van der Waals surface area (Å²) in [4.78, 5) is 12.9. The van der Waals surface area contributed by atoms with Gasteiger partial charge in [0.15, 0.2) is 9.84 Å². The first-order valence-corrected chi connectivity index (χ1v) is 7.97. The van der Waals surface area contributed by atoms with Gasteiger partial charge in [0.2, 0.25) is 0 Å². The Morgan fingerprint density at radius 2 is 1.86 bits per heavy atom. The quantitative estimate of drug-likeness (QED) is 0.876. The second kappa shape index (κ2) is 4.60. The number of carboxylic acid groups (broad SMARTS) is 1. The van der Waals surface area contributed by atoms with Crippen molar-refractivity contribution in [1.29, 1.82) is 0 Å². The van der Waals surface area contributed by atoms with Crippen molar-refractivity contribution < 1.29 is 18.3 Å². The van der Waals surface area contributed by atoms with Crippen molar-refractivity contribution in [2.24, 2.45) is 0 Å². The average molecular weight is 303 g/mol. The third kappa shape index (κ3) is 2.17. The molecule has 0 atom stereocenters. The van der Waals surface area contributed by atoms with Crippen LogP contribution in [0.15, 0.2) is 47.4 Å². The number of aromatic carboxylic acids is 1. The summed E-state index contributed by atoms with van der Waals surface area (Å²) in [6.45, 7) is 0. The average Bonchev–Trinajstić information content (AvgIpc) is 2.53. The highest BCUT2D eigenvalue weighted by Gasteiger charge is 2.28. The van der Waals surface area contributed by atoms with E-state index >= 15 is 0 Å². The molecule has 3 rings (SSSR count). The van der Waals surface area contributed by atoms with Gasteiger partial charge in [0.05, 0.1) is 21.9 Å². The molecule has 21 heavy (non-hydrogen) atoms. The maximum atomic E-state index is 12.6. The summed E-state index contributed by atoms with van der Waals surface area (Å²) >= 11 is 0. The second-order valence-electron chi connectivity index (χ2n) is 4.93. The van der Waals surface area contributed by atoms with Crippen molar-refractivity contribution in [2.75, 3.05) is 11.9 Å². The molecule has 108 valence electrons. The standard InChI is InChI=1S/C15H13NO4S/c1-16-12-5-3-2-4-11(12)9-21(19,20)14-8-10(15(17)18)6-7-13(14)16/h2-8H,9H2,1H3,(H,17,18). The molecule has 6 heteroatoms. The van der Waals surface area contributed by atoms with Gasteiger partial charge in [0.25, 0.3) is 0 Å². The van der Waals surface area contributed by atoms with Gasteiger partial charge >= 0.3 is 5.97 Å². The van der Waals surface area contributed by atoms with E-state index in [0.717, 1.165) is 5.69 Å². The van der Waals surface area contributed by atoms with Crippen LogP contribution in [0.3, 0.4) is 0 Å². The summed E-state index contributed by atoms with van der Waals surface area (Å²) in [5, 5.41) is 9.06. The minimum absolute atomic E-state index is 0.0309. The molecule has 0 bridgehead atoms. The van der Waals surface area contributed by atoms with Gasteiger partial charge in [-0.3, -0.25) is 0 Å². The van der Waals surface area contributed by atoms with E-state index in [-0.39, 0.29) is 16.2 Å². The molecule has 2 aromatic carbocycles. The Hall–Kier alpha value is -2.34. The molecule has 5 nitrogen and oxygen atoms in total. The Morgan fingerprint density at radius 1 is 1.14 bits per heavy atom. The molecule has 0 amide bonds. The van der Waals surface area contributed by atoms with Gasteiger partial charge in [0, 0.05) is 12.7 Å². The van der Waals surface area contributed by atoms with Crippen LogP contribution in [0.4, 0.5) is 11.4 Å². The monoisotopic (exact) mass is 303 g/mol. The number of sulfone groups is 1. The summed E-state index contributed by atoms with van der Waals surface area (Å²) in [6.07, 6.45) is 0. The number of para-hydroxylation sites is 1. The third-order valence-corrected chi connectivity index (χ3v) is 5.29. The van der Waals surface area contributed by atoms with E-state index < -0.39 is 15.8 Å². The van der Waals surface area contributed by atoms with E-state index in [1.165, 1.54) is 12.1 Å². The summed E-state index contributed by atoms with van der Waals surface area (Å²) in [6, 6.07) is 11.5. The summed E-state index contributed by atoms with van der Waals surface area (Å²) in [7, 11) is -1.81. The van der Waals surface area contributed by atoms with Crippen LogP contribution >= 0.6 is 0 Å². The fourth-order valence-corrected chi connectivity index (χ4v) is 4.18. The number of benzene rings is 2. The first-order chi connectivity index (χ1) is 9.90. The SMILES string of the molecule is CN1c2ccccc2CS(=O)(=O)c2cc(C(=O)O)ccc21. The number of anilines is 2. The third-order valence-electron chi connectivity index (χ3n) is 3.60. The van der Waals surface area contributed by atoms with E-state index in [9.17, 15) is 13.2 Å². The molecular weight excluding hydrogens is 290 g/mol. The van der Waals surface area contributed by atoms with Crippen LogP contribution in [-0.4, -0.2) is 26.5 Å². The number of hydrogen-bond donors (Lipinski definition) is 1. The van der Waals surface area contributed by atoms with E-state index in [2.05, 4.69) is 0 Å². The highest BCUT2D eigenvalue weighted by atomic mass is 32.2. The number of nitrogens with zero attached hydrogens (tertiary/aromatic N) is 1. The lowest BCUT2D eigenvalue weighted by Crippen LogP contribution is -2.12. The van der Waals surface area contributed by atoms with Gasteiger partial charge in [-0.1, -0.05) is 18.2 Å².